The molecule has 204 valence electrons. The van der Waals surface area contributed by atoms with E-state index in [0.717, 1.165) is 12.2 Å². The van der Waals surface area contributed by atoms with Gasteiger partial charge in [0.05, 0.1) is 23.6 Å². The molecule has 2 aromatic rings. The van der Waals surface area contributed by atoms with Crippen LogP contribution < -0.4 is 15.5 Å². The van der Waals surface area contributed by atoms with E-state index in [1.807, 2.05) is 19.3 Å². The first-order valence-corrected chi connectivity index (χ1v) is 14.3. The summed E-state index contributed by atoms with van der Waals surface area (Å²) >= 11 is 0. The fourth-order valence-corrected chi connectivity index (χ4v) is 6.37. The van der Waals surface area contributed by atoms with E-state index in [1.54, 1.807) is 0 Å². The maximum atomic E-state index is 4.64. The second-order valence-corrected chi connectivity index (χ2v) is 11.8. The number of aromatic nitrogens is 2. The lowest BCUT2D eigenvalue weighted by molar-refractivity contribution is 0.163. The fourth-order valence-electron chi connectivity index (χ4n) is 6.37. The highest BCUT2D eigenvalue weighted by Gasteiger charge is 2.34. The zero-order chi connectivity index (χ0) is 26.7. The van der Waals surface area contributed by atoms with Crippen molar-refractivity contribution in [3.8, 4) is 0 Å². The van der Waals surface area contributed by atoms with E-state index in [2.05, 4.69) is 99.8 Å². The van der Waals surface area contributed by atoms with Crippen LogP contribution in [0, 0.1) is 5.92 Å². The predicted octanol–water partition coefficient (Wildman–Crippen LogP) is 5.10. The second-order valence-electron chi connectivity index (χ2n) is 11.8. The van der Waals surface area contributed by atoms with Crippen LogP contribution in [-0.2, 0) is 12.0 Å². The summed E-state index contributed by atoms with van der Waals surface area (Å²) in [6.07, 6.45) is 13.8. The summed E-state index contributed by atoms with van der Waals surface area (Å²) < 4.78 is 0. The smallest absolute Gasteiger partial charge is 0.222 e. The molecule has 7 heteroatoms. The van der Waals surface area contributed by atoms with Crippen molar-refractivity contribution in [2.45, 2.75) is 57.5 Å². The maximum absolute atomic E-state index is 4.64. The van der Waals surface area contributed by atoms with E-state index >= 15 is 0 Å². The van der Waals surface area contributed by atoms with Gasteiger partial charge in [-0.1, -0.05) is 32.1 Å². The molecule has 1 aromatic carbocycles. The SMILES string of the molecule is CNc1nccc(CNc2cc(C(C)(C)C3CCN(C)CC3)ccc2N2C=C(C3CCCN3C)C=CC2)n1. The highest BCUT2D eigenvalue weighted by molar-refractivity contribution is 5.73. The molecule has 1 aromatic heterocycles. The Morgan fingerprint density at radius 3 is 2.61 bits per heavy atom. The molecule has 2 fully saturated rings. The summed E-state index contributed by atoms with van der Waals surface area (Å²) in [5.74, 6) is 1.33. The lowest BCUT2D eigenvalue weighted by Crippen LogP contribution is -2.39. The number of hydrogen-bond donors (Lipinski definition) is 2. The van der Waals surface area contributed by atoms with Crippen molar-refractivity contribution in [2.24, 2.45) is 5.92 Å². The molecule has 0 saturated carbocycles. The minimum Gasteiger partial charge on any atom is -0.378 e. The Kier molecular flexibility index (Phi) is 8.05. The maximum Gasteiger partial charge on any atom is 0.222 e. The molecule has 4 heterocycles. The summed E-state index contributed by atoms with van der Waals surface area (Å²) in [7, 11) is 6.35. The number of hydrogen-bond acceptors (Lipinski definition) is 7. The van der Waals surface area contributed by atoms with Gasteiger partial charge in [-0.15, -0.1) is 0 Å². The molecule has 1 atom stereocenters. The van der Waals surface area contributed by atoms with Crippen molar-refractivity contribution >= 4 is 17.3 Å². The summed E-state index contributed by atoms with van der Waals surface area (Å²) in [5.41, 5.74) is 6.28. The second kappa shape index (κ2) is 11.5. The molecule has 5 rings (SSSR count). The average Bonchev–Trinajstić information content (AvgIpc) is 3.38. The Balaban J connectivity index is 1.45. The first kappa shape index (κ1) is 26.7. The third-order valence-corrected chi connectivity index (χ3v) is 9.01. The van der Waals surface area contributed by atoms with Crippen molar-refractivity contribution in [3.05, 3.63) is 65.6 Å². The molecule has 0 amide bonds. The molecule has 2 saturated heterocycles. The number of anilines is 3. The summed E-state index contributed by atoms with van der Waals surface area (Å²) in [6, 6.07) is 9.60. The number of likely N-dealkylation sites (tertiary alicyclic amines) is 2. The highest BCUT2D eigenvalue weighted by Crippen LogP contribution is 2.41. The van der Waals surface area contributed by atoms with Crippen LogP contribution in [0.3, 0.4) is 0 Å². The van der Waals surface area contributed by atoms with Crippen molar-refractivity contribution in [2.75, 3.05) is 62.9 Å². The van der Waals surface area contributed by atoms with Gasteiger partial charge in [-0.2, -0.15) is 0 Å². The van der Waals surface area contributed by atoms with Crippen molar-refractivity contribution in [1.29, 1.82) is 0 Å². The van der Waals surface area contributed by atoms with Crippen LogP contribution in [-0.4, -0.2) is 73.1 Å². The molecule has 0 spiro atoms. The predicted molar refractivity (Wildman–Crippen MR) is 159 cm³/mol. The topological polar surface area (TPSA) is 59.6 Å². The lowest BCUT2D eigenvalue weighted by Gasteiger charge is -2.40. The third-order valence-electron chi connectivity index (χ3n) is 9.01. The third kappa shape index (κ3) is 5.74. The van der Waals surface area contributed by atoms with Crippen LogP contribution in [0.2, 0.25) is 0 Å². The van der Waals surface area contributed by atoms with Crippen LogP contribution >= 0.6 is 0 Å². The van der Waals surface area contributed by atoms with E-state index in [1.165, 1.54) is 67.8 Å². The van der Waals surface area contributed by atoms with Gasteiger partial charge in [0.2, 0.25) is 5.95 Å². The zero-order valence-corrected chi connectivity index (χ0v) is 23.9. The van der Waals surface area contributed by atoms with Crippen LogP contribution in [0.5, 0.6) is 0 Å². The first-order valence-electron chi connectivity index (χ1n) is 14.3. The molecule has 0 aliphatic carbocycles. The molecule has 7 nitrogen and oxygen atoms in total. The Labute approximate surface area is 229 Å². The fraction of sp³-hybridized carbons (Fsp3) is 0.548. The molecule has 1 unspecified atom stereocenters. The summed E-state index contributed by atoms with van der Waals surface area (Å²) in [6.45, 7) is 9.94. The normalized spacial score (nSPS) is 21.6. The van der Waals surface area contributed by atoms with E-state index in [-0.39, 0.29) is 5.41 Å². The minimum atomic E-state index is 0.111. The van der Waals surface area contributed by atoms with E-state index in [4.69, 9.17) is 0 Å². The number of nitrogens with one attached hydrogen (secondary N) is 2. The van der Waals surface area contributed by atoms with Crippen LogP contribution in [0.1, 0.15) is 50.8 Å². The molecule has 0 radical (unpaired) electrons. The Hall–Kier alpha value is -2.90. The number of likely N-dealkylation sites (N-methyl/N-ethyl adjacent to an activating group) is 1. The largest absolute Gasteiger partial charge is 0.378 e. The number of rotatable bonds is 8. The van der Waals surface area contributed by atoms with Crippen molar-refractivity contribution in [3.63, 3.8) is 0 Å². The van der Waals surface area contributed by atoms with Crippen molar-refractivity contribution < 1.29 is 0 Å². The summed E-state index contributed by atoms with van der Waals surface area (Å²) in [4.78, 5) is 16.3. The quantitative estimate of drug-likeness (QED) is 0.507. The van der Waals surface area contributed by atoms with Gasteiger partial charge in [0.15, 0.2) is 0 Å². The average molecular weight is 516 g/mol. The summed E-state index contributed by atoms with van der Waals surface area (Å²) in [5, 5.41) is 6.81. The molecule has 3 aliphatic rings. The van der Waals surface area contributed by atoms with Gasteiger partial charge < -0.3 is 20.4 Å². The first-order chi connectivity index (χ1) is 18.3. The number of nitrogens with zero attached hydrogens (tertiary/aromatic N) is 5. The number of piperidine rings is 1. The minimum absolute atomic E-state index is 0.111. The van der Waals surface area contributed by atoms with Gasteiger partial charge >= 0.3 is 0 Å². The van der Waals surface area contributed by atoms with E-state index in [0.29, 0.717) is 24.5 Å². The Morgan fingerprint density at radius 1 is 1.05 bits per heavy atom. The monoisotopic (exact) mass is 515 g/mol. The molecular weight excluding hydrogens is 470 g/mol. The zero-order valence-electron chi connectivity index (χ0n) is 23.9. The Morgan fingerprint density at radius 2 is 1.87 bits per heavy atom. The van der Waals surface area contributed by atoms with Gasteiger partial charge in [0.1, 0.15) is 0 Å². The number of benzene rings is 1. The van der Waals surface area contributed by atoms with Gasteiger partial charge in [-0.05, 0) is 100 Å². The molecule has 0 bridgehead atoms. The lowest BCUT2D eigenvalue weighted by atomic mass is 9.69. The van der Waals surface area contributed by atoms with E-state index < -0.39 is 0 Å². The van der Waals surface area contributed by atoms with Gasteiger partial charge in [-0.3, -0.25) is 4.90 Å². The van der Waals surface area contributed by atoms with Gasteiger partial charge in [0, 0.05) is 32.0 Å². The molecular formula is C31H45N7. The van der Waals surface area contributed by atoms with Crippen LogP contribution in [0.4, 0.5) is 17.3 Å². The Bertz CT molecular complexity index is 1160. The van der Waals surface area contributed by atoms with Crippen LogP contribution in [0.25, 0.3) is 0 Å². The van der Waals surface area contributed by atoms with Gasteiger partial charge in [0.25, 0.3) is 0 Å². The van der Waals surface area contributed by atoms with Crippen molar-refractivity contribution in [1.82, 2.24) is 19.8 Å². The van der Waals surface area contributed by atoms with E-state index in [9.17, 15) is 0 Å². The molecule has 38 heavy (non-hydrogen) atoms. The molecule has 2 N–H and O–H groups in total. The van der Waals surface area contributed by atoms with Gasteiger partial charge in [-0.25, -0.2) is 9.97 Å². The standard InChI is InChI=1S/C31H45N7/c1-31(2,24-13-18-36(4)19-14-24)25-10-11-29(27(20-25)34-21-26-12-15-33-30(32-3)35-26)38-17-6-8-23(22-38)28-9-7-16-37(28)5/h6,8,10-12,15,20,22,24,28,34H,7,9,13-14,16-19,21H2,1-5H3,(H,32,33,35). The highest BCUT2D eigenvalue weighted by atomic mass is 15.2. The molecule has 3 aliphatic heterocycles. The van der Waals surface area contributed by atoms with Crippen LogP contribution in [0.15, 0.2) is 54.4 Å².